The minimum absolute atomic E-state index is 0. The summed E-state index contributed by atoms with van der Waals surface area (Å²) < 4.78 is 27.7. The lowest BCUT2D eigenvalue weighted by Crippen LogP contribution is -2.48. The van der Waals surface area contributed by atoms with Crippen LogP contribution in [-0.4, -0.2) is 83.1 Å². The Labute approximate surface area is 168 Å². The standard InChI is InChI=1S/C15H22F2N6O2.2ClH/c1-21-2-4-22(5-3-21)13(24)9-23-8-11(7-19-23)20-14(25)12-6-15(16,17)10-18-12;;/h7-8,12,18H,2-6,9-10H2,1H3,(H,20,25);2*1H. The molecule has 1 atom stereocenters. The summed E-state index contributed by atoms with van der Waals surface area (Å²) in [4.78, 5) is 28.2. The number of anilines is 1. The summed E-state index contributed by atoms with van der Waals surface area (Å²) in [5, 5.41) is 9.10. The van der Waals surface area contributed by atoms with Crippen molar-refractivity contribution in [3.05, 3.63) is 12.4 Å². The van der Waals surface area contributed by atoms with Crippen molar-refractivity contribution in [3.63, 3.8) is 0 Å². The summed E-state index contributed by atoms with van der Waals surface area (Å²) in [6.45, 7) is 2.63. The predicted molar refractivity (Wildman–Crippen MR) is 101 cm³/mol. The lowest BCUT2D eigenvalue weighted by atomic mass is 10.2. The second-order valence-electron chi connectivity index (χ2n) is 6.59. The van der Waals surface area contributed by atoms with E-state index >= 15 is 0 Å². The fourth-order valence-corrected chi connectivity index (χ4v) is 2.94. The van der Waals surface area contributed by atoms with E-state index in [4.69, 9.17) is 0 Å². The van der Waals surface area contributed by atoms with Gasteiger partial charge in [0.05, 0.1) is 24.5 Å². The maximum atomic E-state index is 13.1. The maximum Gasteiger partial charge on any atom is 0.262 e. The van der Waals surface area contributed by atoms with Crippen LogP contribution in [0.25, 0.3) is 0 Å². The Kier molecular flexibility index (Phi) is 8.40. The van der Waals surface area contributed by atoms with Gasteiger partial charge in [-0.25, -0.2) is 8.78 Å². The fourth-order valence-electron chi connectivity index (χ4n) is 2.94. The number of aromatic nitrogens is 2. The Bertz CT molecular complexity index is 652. The van der Waals surface area contributed by atoms with Crippen LogP contribution < -0.4 is 10.6 Å². The first-order valence-electron chi connectivity index (χ1n) is 8.23. The van der Waals surface area contributed by atoms with Crippen LogP contribution in [0.15, 0.2) is 12.4 Å². The number of likely N-dealkylation sites (N-methyl/N-ethyl adjacent to an activating group) is 1. The molecular formula is C15H24Cl2F2N6O2. The summed E-state index contributed by atoms with van der Waals surface area (Å²) in [5.41, 5.74) is 0.383. The number of amides is 2. The number of alkyl halides is 2. The molecule has 0 spiro atoms. The SMILES string of the molecule is CN1CCN(C(=O)Cn2cc(NC(=O)C3CC(F)(F)CN3)cn2)CC1.Cl.Cl. The number of nitrogens with one attached hydrogen (secondary N) is 2. The number of hydrogen-bond donors (Lipinski definition) is 2. The molecule has 1 aromatic rings. The lowest BCUT2D eigenvalue weighted by molar-refractivity contribution is -0.133. The Morgan fingerprint density at radius 1 is 1.30 bits per heavy atom. The van der Waals surface area contributed by atoms with Crippen LogP contribution in [0.2, 0.25) is 0 Å². The van der Waals surface area contributed by atoms with E-state index < -0.39 is 30.8 Å². The first-order chi connectivity index (χ1) is 11.8. The highest BCUT2D eigenvalue weighted by atomic mass is 35.5. The third-order valence-electron chi connectivity index (χ3n) is 4.48. The van der Waals surface area contributed by atoms with Gasteiger partial charge < -0.3 is 15.1 Å². The van der Waals surface area contributed by atoms with Crippen molar-refractivity contribution in [2.24, 2.45) is 0 Å². The van der Waals surface area contributed by atoms with Gasteiger partial charge in [-0.2, -0.15) is 5.10 Å². The molecule has 1 unspecified atom stereocenters. The molecule has 0 bridgehead atoms. The highest BCUT2D eigenvalue weighted by Gasteiger charge is 2.42. The molecule has 0 saturated carbocycles. The number of carbonyl (C=O) groups excluding carboxylic acids is 2. The third-order valence-corrected chi connectivity index (χ3v) is 4.48. The van der Waals surface area contributed by atoms with E-state index in [0.29, 0.717) is 18.8 Å². The molecule has 0 aromatic carbocycles. The Hall–Kier alpha value is -1.49. The average molecular weight is 429 g/mol. The molecule has 27 heavy (non-hydrogen) atoms. The highest BCUT2D eigenvalue weighted by Crippen LogP contribution is 2.25. The first kappa shape index (κ1) is 23.5. The van der Waals surface area contributed by atoms with E-state index in [2.05, 4.69) is 20.6 Å². The predicted octanol–water partition coefficient (Wildman–Crippen LogP) is 0.436. The number of rotatable bonds is 4. The van der Waals surface area contributed by atoms with Crippen molar-refractivity contribution < 1.29 is 18.4 Å². The van der Waals surface area contributed by atoms with Crippen LogP contribution >= 0.6 is 24.8 Å². The van der Waals surface area contributed by atoms with E-state index in [9.17, 15) is 18.4 Å². The molecule has 2 aliphatic rings. The maximum absolute atomic E-state index is 13.1. The molecule has 0 aliphatic carbocycles. The van der Waals surface area contributed by atoms with Gasteiger partial charge in [0.1, 0.15) is 6.54 Å². The van der Waals surface area contributed by atoms with E-state index in [1.54, 1.807) is 4.90 Å². The largest absolute Gasteiger partial charge is 0.339 e. The second kappa shape index (κ2) is 9.63. The smallest absolute Gasteiger partial charge is 0.262 e. The van der Waals surface area contributed by atoms with Crippen molar-refractivity contribution in [1.29, 1.82) is 0 Å². The minimum Gasteiger partial charge on any atom is -0.339 e. The van der Waals surface area contributed by atoms with E-state index in [-0.39, 0.29) is 37.3 Å². The van der Waals surface area contributed by atoms with Gasteiger partial charge in [-0.15, -0.1) is 24.8 Å². The van der Waals surface area contributed by atoms with Crippen LogP contribution in [0.4, 0.5) is 14.5 Å². The van der Waals surface area contributed by atoms with Gasteiger partial charge in [0.2, 0.25) is 11.8 Å². The number of nitrogens with zero attached hydrogens (tertiary/aromatic N) is 4. The molecule has 3 heterocycles. The van der Waals surface area contributed by atoms with Gasteiger partial charge in [-0.1, -0.05) is 0 Å². The molecule has 0 radical (unpaired) electrons. The number of hydrogen-bond acceptors (Lipinski definition) is 5. The molecule has 2 fully saturated rings. The average Bonchev–Trinajstić information content (AvgIpc) is 3.14. The Balaban J connectivity index is 0.00000182. The third kappa shape index (κ3) is 6.27. The van der Waals surface area contributed by atoms with Crippen LogP contribution in [0, 0.1) is 0 Å². The van der Waals surface area contributed by atoms with Crippen molar-refractivity contribution in [3.8, 4) is 0 Å². The van der Waals surface area contributed by atoms with Crippen molar-refractivity contribution in [2.75, 3.05) is 45.1 Å². The highest BCUT2D eigenvalue weighted by molar-refractivity contribution is 5.95. The van der Waals surface area contributed by atoms with Crippen LogP contribution in [0.1, 0.15) is 6.42 Å². The second-order valence-corrected chi connectivity index (χ2v) is 6.59. The zero-order valence-electron chi connectivity index (χ0n) is 14.9. The first-order valence-corrected chi connectivity index (χ1v) is 8.23. The van der Waals surface area contributed by atoms with Gasteiger partial charge in [0.15, 0.2) is 0 Å². The van der Waals surface area contributed by atoms with Gasteiger partial charge in [-0.05, 0) is 7.05 Å². The Morgan fingerprint density at radius 3 is 2.56 bits per heavy atom. The van der Waals surface area contributed by atoms with Gasteiger partial charge in [-0.3, -0.25) is 19.6 Å². The molecule has 2 saturated heterocycles. The zero-order valence-corrected chi connectivity index (χ0v) is 16.5. The summed E-state index contributed by atoms with van der Waals surface area (Å²) in [7, 11) is 2.01. The molecule has 154 valence electrons. The van der Waals surface area contributed by atoms with Crippen molar-refractivity contribution >= 4 is 42.3 Å². The minimum atomic E-state index is -2.86. The van der Waals surface area contributed by atoms with E-state index in [1.807, 2.05) is 7.05 Å². The van der Waals surface area contributed by atoms with E-state index in [1.165, 1.54) is 17.1 Å². The Morgan fingerprint density at radius 2 is 1.96 bits per heavy atom. The molecule has 2 amide bonds. The summed E-state index contributed by atoms with van der Waals surface area (Å²) >= 11 is 0. The summed E-state index contributed by atoms with van der Waals surface area (Å²) in [6, 6.07) is -0.926. The van der Waals surface area contributed by atoms with Gasteiger partial charge in [0, 0.05) is 38.8 Å². The quantitative estimate of drug-likeness (QED) is 0.726. The fraction of sp³-hybridized carbons (Fsp3) is 0.667. The number of carbonyl (C=O) groups is 2. The number of halogens is 4. The molecule has 12 heteroatoms. The van der Waals surface area contributed by atoms with Crippen molar-refractivity contribution in [1.82, 2.24) is 24.9 Å². The summed E-state index contributed by atoms with van der Waals surface area (Å²) in [5.74, 6) is -3.42. The summed E-state index contributed by atoms with van der Waals surface area (Å²) in [6.07, 6.45) is 2.41. The van der Waals surface area contributed by atoms with Crippen LogP contribution in [0.3, 0.4) is 0 Å². The topological polar surface area (TPSA) is 82.5 Å². The molecule has 2 N–H and O–H groups in total. The molecule has 1 aromatic heterocycles. The molecular weight excluding hydrogens is 405 g/mol. The molecule has 8 nitrogen and oxygen atoms in total. The number of piperazine rings is 1. The zero-order chi connectivity index (χ0) is 18.0. The lowest BCUT2D eigenvalue weighted by Gasteiger charge is -2.32. The van der Waals surface area contributed by atoms with Crippen LogP contribution in [0.5, 0.6) is 0 Å². The normalized spacial score (nSPS) is 21.9. The monoisotopic (exact) mass is 428 g/mol. The molecule has 3 rings (SSSR count). The van der Waals surface area contributed by atoms with Gasteiger partial charge in [0.25, 0.3) is 5.92 Å². The van der Waals surface area contributed by atoms with Crippen molar-refractivity contribution in [2.45, 2.75) is 24.9 Å². The van der Waals surface area contributed by atoms with Gasteiger partial charge >= 0.3 is 0 Å². The van der Waals surface area contributed by atoms with E-state index in [0.717, 1.165) is 13.1 Å². The molecule has 2 aliphatic heterocycles. The van der Waals surface area contributed by atoms with Crippen LogP contribution in [-0.2, 0) is 16.1 Å².